The Balaban J connectivity index is 1.79. The molecular formula is C18H14BrN3O3. The van der Waals surface area contributed by atoms with Crippen molar-refractivity contribution in [1.29, 1.82) is 5.26 Å². The van der Waals surface area contributed by atoms with Gasteiger partial charge >= 0.3 is 5.97 Å². The van der Waals surface area contributed by atoms with E-state index < -0.39 is 5.97 Å². The number of carboxylic acid groups (broad SMARTS) is 1. The normalized spacial score (nSPS) is 16.2. The molecule has 7 heteroatoms. The van der Waals surface area contributed by atoms with E-state index in [0.717, 1.165) is 10.2 Å². The van der Waals surface area contributed by atoms with Crippen molar-refractivity contribution in [3.05, 3.63) is 53.0 Å². The number of halogens is 1. The summed E-state index contributed by atoms with van der Waals surface area (Å²) in [5.74, 6) is 0.428. The largest absolute Gasteiger partial charge is 0.481 e. The van der Waals surface area contributed by atoms with E-state index in [1.165, 1.54) is 0 Å². The molecule has 1 N–H and O–H groups in total. The van der Waals surface area contributed by atoms with E-state index in [1.54, 1.807) is 29.3 Å². The molecule has 1 aliphatic heterocycles. The van der Waals surface area contributed by atoms with Crippen molar-refractivity contribution in [1.82, 2.24) is 0 Å². The monoisotopic (exact) mass is 399 g/mol. The molecular weight excluding hydrogens is 386 g/mol. The lowest BCUT2D eigenvalue weighted by Gasteiger charge is -2.22. The molecule has 1 unspecified atom stereocenters. The van der Waals surface area contributed by atoms with Crippen molar-refractivity contribution in [3.8, 4) is 17.6 Å². The Morgan fingerprint density at radius 1 is 1.32 bits per heavy atom. The highest BCUT2D eigenvalue weighted by molar-refractivity contribution is 9.10. The summed E-state index contributed by atoms with van der Waals surface area (Å²) in [6, 6.07) is 16.3. The smallest absolute Gasteiger partial charge is 0.305 e. The zero-order valence-corrected chi connectivity index (χ0v) is 14.7. The van der Waals surface area contributed by atoms with E-state index in [9.17, 15) is 4.79 Å². The predicted octanol–water partition coefficient (Wildman–Crippen LogP) is 4.17. The summed E-state index contributed by atoms with van der Waals surface area (Å²) in [5, 5.41) is 23.9. The number of nitrogens with zero attached hydrogens (tertiary/aromatic N) is 3. The minimum atomic E-state index is -0.918. The average molecular weight is 400 g/mol. The predicted molar refractivity (Wildman–Crippen MR) is 96.8 cm³/mol. The first-order valence-corrected chi connectivity index (χ1v) is 8.37. The van der Waals surface area contributed by atoms with Gasteiger partial charge in [-0.15, -0.1) is 0 Å². The SMILES string of the molecule is N#CC1=NN(c2ccc(Oc3ccccc3Br)cc2)C(CC(=O)O)C1. The van der Waals surface area contributed by atoms with Crippen LogP contribution in [0.1, 0.15) is 12.8 Å². The molecule has 126 valence electrons. The van der Waals surface area contributed by atoms with Gasteiger partial charge in [0.15, 0.2) is 0 Å². The molecule has 0 amide bonds. The maximum absolute atomic E-state index is 11.0. The topological polar surface area (TPSA) is 85.9 Å². The molecule has 6 nitrogen and oxygen atoms in total. The van der Waals surface area contributed by atoms with Crippen molar-refractivity contribution >= 4 is 33.3 Å². The summed E-state index contributed by atoms with van der Waals surface area (Å²) in [4.78, 5) is 11.0. The van der Waals surface area contributed by atoms with Gasteiger partial charge < -0.3 is 9.84 Å². The number of nitriles is 1. The Kier molecular flexibility index (Phi) is 5.00. The summed E-state index contributed by atoms with van der Waals surface area (Å²) in [5.41, 5.74) is 1.05. The fourth-order valence-corrected chi connectivity index (χ4v) is 2.95. The third kappa shape index (κ3) is 3.98. The van der Waals surface area contributed by atoms with Gasteiger partial charge in [-0.1, -0.05) is 12.1 Å². The van der Waals surface area contributed by atoms with Crippen molar-refractivity contribution in [2.24, 2.45) is 5.10 Å². The third-order valence-corrected chi connectivity index (χ3v) is 4.36. The number of hydrogen-bond acceptors (Lipinski definition) is 5. The summed E-state index contributed by atoms with van der Waals surface area (Å²) in [7, 11) is 0. The van der Waals surface area contributed by atoms with Crippen molar-refractivity contribution in [2.45, 2.75) is 18.9 Å². The zero-order valence-electron chi connectivity index (χ0n) is 13.1. The first-order valence-electron chi connectivity index (χ1n) is 7.58. The molecule has 0 spiro atoms. The Morgan fingerprint density at radius 3 is 2.68 bits per heavy atom. The van der Waals surface area contributed by atoms with Crippen LogP contribution in [0.2, 0.25) is 0 Å². The van der Waals surface area contributed by atoms with Crippen LogP contribution >= 0.6 is 15.9 Å². The van der Waals surface area contributed by atoms with E-state index >= 15 is 0 Å². The number of carbonyl (C=O) groups is 1. The molecule has 0 saturated carbocycles. The van der Waals surface area contributed by atoms with Gasteiger partial charge in [-0.25, -0.2) is 0 Å². The molecule has 2 aromatic carbocycles. The van der Waals surface area contributed by atoms with E-state index in [-0.39, 0.29) is 12.5 Å². The quantitative estimate of drug-likeness (QED) is 0.814. The molecule has 2 aromatic rings. The summed E-state index contributed by atoms with van der Waals surface area (Å²) >= 11 is 3.43. The highest BCUT2D eigenvalue weighted by Crippen LogP contribution is 2.32. The number of ether oxygens (including phenoxy) is 1. The van der Waals surface area contributed by atoms with Crippen LogP contribution in [0.5, 0.6) is 11.5 Å². The molecule has 0 saturated heterocycles. The van der Waals surface area contributed by atoms with Gasteiger partial charge in [0, 0.05) is 6.42 Å². The lowest BCUT2D eigenvalue weighted by atomic mass is 10.1. The third-order valence-electron chi connectivity index (χ3n) is 3.71. The maximum Gasteiger partial charge on any atom is 0.305 e. The van der Waals surface area contributed by atoms with Gasteiger partial charge in [0.2, 0.25) is 0 Å². The van der Waals surface area contributed by atoms with Crippen LogP contribution < -0.4 is 9.75 Å². The Labute approximate surface area is 153 Å². The van der Waals surface area contributed by atoms with Crippen LogP contribution in [-0.4, -0.2) is 22.8 Å². The molecule has 1 atom stereocenters. The highest BCUT2D eigenvalue weighted by atomic mass is 79.9. The molecule has 25 heavy (non-hydrogen) atoms. The Hall–Kier alpha value is -2.85. The number of anilines is 1. The molecule has 0 aromatic heterocycles. The van der Waals surface area contributed by atoms with E-state index in [1.807, 2.05) is 30.3 Å². The first-order chi connectivity index (χ1) is 12.1. The number of benzene rings is 2. The summed E-state index contributed by atoms with van der Waals surface area (Å²) < 4.78 is 6.66. The minimum Gasteiger partial charge on any atom is -0.481 e. The second-order valence-electron chi connectivity index (χ2n) is 5.49. The Morgan fingerprint density at radius 2 is 2.04 bits per heavy atom. The lowest BCUT2D eigenvalue weighted by molar-refractivity contribution is -0.137. The van der Waals surface area contributed by atoms with E-state index in [4.69, 9.17) is 15.1 Å². The Bertz CT molecular complexity index is 859. The van der Waals surface area contributed by atoms with Gasteiger partial charge in [0.05, 0.1) is 22.6 Å². The van der Waals surface area contributed by atoms with E-state index in [0.29, 0.717) is 23.6 Å². The van der Waals surface area contributed by atoms with Crippen LogP contribution in [-0.2, 0) is 4.79 Å². The standard InChI is InChI=1S/C18H14BrN3O3/c19-16-3-1-2-4-17(16)25-15-7-5-13(6-8-15)22-14(10-18(23)24)9-12(11-20)21-22/h1-8,14H,9-10H2,(H,23,24). The number of para-hydroxylation sites is 1. The molecule has 1 aliphatic rings. The van der Waals surface area contributed by atoms with Crippen molar-refractivity contribution in [2.75, 3.05) is 5.01 Å². The van der Waals surface area contributed by atoms with Crippen LogP contribution in [0.25, 0.3) is 0 Å². The van der Waals surface area contributed by atoms with Gasteiger partial charge in [0.25, 0.3) is 0 Å². The molecule has 3 rings (SSSR count). The van der Waals surface area contributed by atoms with Crippen molar-refractivity contribution < 1.29 is 14.6 Å². The summed E-state index contributed by atoms with van der Waals surface area (Å²) in [6.45, 7) is 0. The van der Waals surface area contributed by atoms with Crippen LogP contribution in [0.15, 0.2) is 58.1 Å². The zero-order chi connectivity index (χ0) is 17.8. The highest BCUT2D eigenvalue weighted by Gasteiger charge is 2.29. The molecule has 0 radical (unpaired) electrons. The maximum atomic E-state index is 11.0. The number of rotatable bonds is 5. The minimum absolute atomic E-state index is 0.0795. The number of carboxylic acids is 1. The number of hydrazone groups is 1. The molecule has 0 fully saturated rings. The lowest BCUT2D eigenvalue weighted by Crippen LogP contribution is -2.28. The van der Waals surface area contributed by atoms with Gasteiger partial charge in [-0.2, -0.15) is 10.4 Å². The fraction of sp³-hybridized carbons (Fsp3) is 0.167. The second kappa shape index (κ2) is 7.36. The van der Waals surface area contributed by atoms with E-state index in [2.05, 4.69) is 21.0 Å². The molecule has 0 aliphatic carbocycles. The summed E-state index contributed by atoms with van der Waals surface area (Å²) in [6.07, 6.45) is 0.252. The van der Waals surface area contributed by atoms with Gasteiger partial charge in [-0.3, -0.25) is 9.80 Å². The average Bonchev–Trinajstić information content (AvgIpc) is 3.00. The van der Waals surface area contributed by atoms with Crippen LogP contribution in [0.3, 0.4) is 0 Å². The molecule has 1 heterocycles. The van der Waals surface area contributed by atoms with Gasteiger partial charge in [-0.05, 0) is 52.3 Å². The number of hydrogen-bond donors (Lipinski definition) is 1. The number of aliphatic carboxylic acids is 1. The van der Waals surface area contributed by atoms with Gasteiger partial charge in [0.1, 0.15) is 23.3 Å². The first kappa shape index (κ1) is 17.0. The molecule has 0 bridgehead atoms. The van der Waals surface area contributed by atoms with Crippen LogP contribution in [0, 0.1) is 11.3 Å². The van der Waals surface area contributed by atoms with Crippen molar-refractivity contribution in [3.63, 3.8) is 0 Å². The second-order valence-corrected chi connectivity index (χ2v) is 6.34. The van der Waals surface area contributed by atoms with Crippen LogP contribution in [0.4, 0.5) is 5.69 Å². The fourth-order valence-electron chi connectivity index (χ4n) is 2.58.